The highest BCUT2D eigenvalue weighted by molar-refractivity contribution is 5.94. The number of carboxylic acids is 1. The van der Waals surface area contributed by atoms with Crippen molar-refractivity contribution in [3.05, 3.63) is 59.4 Å². The van der Waals surface area contributed by atoms with Gasteiger partial charge in [0, 0.05) is 31.3 Å². The zero-order valence-corrected chi connectivity index (χ0v) is 18.7. The van der Waals surface area contributed by atoms with Crippen LogP contribution in [0.15, 0.2) is 30.5 Å². The number of aliphatic carboxylic acids is 1. The van der Waals surface area contributed by atoms with E-state index in [1.807, 2.05) is 0 Å². The van der Waals surface area contributed by atoms with Gasteiger partial charge in [-0.3, -0.25) is 24.2 Å². The van der Waals surface area contributed by atoms with Gasteiger partial charge in [-0.25, -0.2) is 8.78 Å². The molecule has 0 saturated carbocycles. The SMILES string of the molecule is O=C(O)C[C@H](NC(=O)C1CCN(C(=O)c2ccccn2)CC1)C(=O)COc1c(F)c(F)cc(F)c1F. The van der Waals surface area contributed by atoms with E-state index in [2.05, 4.69) is 15.0 Å². The Labute approximate surface area is 202 Å². The predicted octanol–water partition coefficient (Wildman–Crippen LogP) is 2.10. The molecule has 1 aromatic heterocycles. The van der Waals surface area contributed by atoms with Gasteiger partial charge >= 0.3 is 5.97 Å². The van der Waals surface area contributed by atoms with E-state index in [1.165, 1.54) is 11.1 Å². The number of ketones is 1. The first kappa shape index (κ1) is 26.6. The number of rotatable bonds is 9. The van der Waals surface area contributed by atoms with Crippen molar-refractivity contribution < 1.29 is 46.6 Å². The van der Waals surface area contributed by atoms with Gasteiger partial charge in [-0.15, -0.1) is 0 Å². The summed E-state index contributed by atoms with van der Waals surface area (Å²) in [7, 11) is 0. The number of ether oxygens (including phenoxy) is 1. The topological polar surface area (TPSA) is 126 Å². The smallest absolute Gasteiger partial charge is 0.305 e. The average Bonchev–Trinajstić information content (AvgIpc) is 2.86. The summed E-state index contributed by atoms with van der Waals surface area (Å²) < 4.78 is 58.7. The van der Waals surface area contributed by atoms with E-state index in [4.69, 9.17) is 5.11 Å². The van der Waals surface area contributed by atoms with Crippen LogP contribution in [-0.2, 0) is 14.4 Å². The van der Waals surface area contributed by atoms with E-state index in [-0.39, 0.29) is 43.6 Å². The number of carbonyl (C=O) groups excluding carboxylic acids is 3. The first-order valence-corrected chi connectivity index (χ1v) is 10.8. The maximum Gasteiger partial charge on any atom is 0.305 e. The number of Topliss-reactive ketones (excluding diaryl/α,β-unsaturated/α-hetero) is 1. The van der Waals surface area contributed by atoms with Crippen LogP contribution in [-0.4, -0.2) is 64.3 Å². The Morgan fingerprint density at radius 3 is 2.28 bits per heavy atom. The number of nitrogens with one attached hydrogen (secondary N) is 1. The lowest BCUT2D eigenvalue weighted by molar-refractivity contribution is -0.141. The highest BCUT2D eigenvalue weighted by Crippen LogP contribution is 2.26. The Balaban J connectivity index is 1.59. The summed E-state index contributed by atoms with van der Waals surface area (Å²) in [6.07, 6.45) is 1.07. The molecule has 1 atom stereocenters. The Morgan fingerprint density at radius 1 is 1.08 bits per heavy atom. The molecule has 1 aliphatic rings. The second-order valence-corrected chi connectivity index (χ2v) is 7.99. The fourth-order valence-corrected chi connectivity index (χ4v) is 3.63. The molecule has 3 rings (SSSR count). The van der Waals surface area contributed by atoms with Gasteiger partial charge in [0.05, 0.1) is 6.42 Å². The minimum Gasteiger partial charge on any atom is -0.481 e. The fraction of sp³-hybridized carbons (Fsp3) is 0.348. The highest BCUT2D eigenvalue weighted by atomic mass is 19.2. The number of hydrogen-bond donors (Lipinski definition) is 2. The third-order valence-electron chi connectivity index (χ3n) is 5.55. The minimum atomic E-state index is -1.87. The molecule has 192 valence electrons. The first-order chi connectivity index (χ1) is 17.1. The fourth-order valence-electron chi connectivity index (χ4n) is 3.63. The second-order valence-electron chi connectivity index (χ2n) is 7.99. The van der Waals surface area contributed by atoms with Crippen molar-refractivity contribution in [1.29, 1.82) is 0 Å². The van der Waals surface area contributed by atoms with Crippen LogP contribution in [0.4, 0.5) is 17.6 Å². The molecular formula is C23H21F4N3O6. The number of amides is 2. The lowest BCUT2D eigenvalue weighted by atomic mass is 9.94. The molecule has 0 bridgehead atoms. The molecule has 2 amide bonds. The van der Waals surface area contributed by atoms with Crippen LogP contribution < -0.4 is 10.1 Å². The molecule has 0 radical (unpaired) electrons. The van der Waals surface area contributed by atoms with Gasteiger partial charge in [0.25, 0.3) is 5.91 Å². The Kier molecular flexibility index (Phi) is 8.56. The largest absolute Gasteiger partial charge is 0.481 e. The summed E-state index contributed by atoms with van der Waals surface area (Å²) in [5, 5.41) is 11.4. The van der Waals surface area contributed by atoms with Crippen molar-refractivity contribution in [2.45, 2.75) is 25.3 Å². The van der Waals surface area contributed by atoms with Gasteiger partial charge in [0.15, 0.2) is 23.2 Å². The maximum atomic E-state index is 13.7. The quantitative estimate of drug-likeness (QED) is 0.390. The highest BCUT2D eigenvalue weighted by Gasteiger charge is 2.32. The van der Waals surface area contributed by atoms with Crippen molar-refractivity contribution in [2.75, 3.05) is 19.7 Å². The van der Waals surface area contributed by atoms with Gasteiger partial charge in [-0.05, 0) is 25.0 Å². The van der Waals surface area contributed by atoms with Gasteiger partial charge in [0.1, 0.15) is 18.3 Å². The van der Waals surface area contributed by atoms with E-state index in [1.54, 1.807) is 18.2 Å². The molecule has 0 unspecified atom stereocenters. The normalized spacial score (nSPS) is 14.7. The van der Waals surface area contributed by atoms with Crippen molar-refractivity contribution in [3.8, 4) is 5.75 Å². The monoisotopic (exact) mass is 511 g/mol. The van der Waals surface area contributed by atoms with Gasteiger partial charge < -0.3 is 20.1 Å². The molecule has 2 heterocycles. The summed E-state index contributed by atoms with van der Waals surface area (Å²) in [5.41, 5.74) is 0.249. The molecule has 0 spiro atoms. The van der Waals surface area contributed by atoms with E-state index in [0.29, 0.717) is 0 Å². The minimum absolute atomic E-state index is 0.0396. The third-order valence-corrected chi connectivity index (χ3v) is 5.55. The van der Waals surface area contributed by atoms with Crippen molar-refractivity contribution in [1.82, 2.24) is 15.2 Å². The Bertz CT molecular complexity index is 1130. The molecular weight excluding hydrogens is 490 g/mol. The number of halogens is 4. The number of nitrogens with zero attached hydrogens (tertiary/aromatic N) is 2. The molecule has 1 aliphatic heterocycles. The van der Waals surface area contributed by atoms with Crippen LogP contribution in [0.3, 0.4) is 0 Å². The molecule has 1 saturated heterocycles. The molecule has 2 aromatic rings. The van der Waals surface area contributed by atoms with E-state index in [9.17, 15) is 36.7 Å². The Hall–Kier alpha value is -4.03. The van der Waals surface area contributed by atoms with Crippen LogP contribution in [0, 0.1) is 29.2 Å². The first-order valence-electron chi connectivity index (χ1n) is 10.8. The van der Waals surface area contributed by atoms with Crippen LogP contribution in [0.2, 0.25) is 0 Å². The zero-order chi connectivity index (χ0) is 26.4. The summed E-state index contributed by atoms with van der Waals surface area (Å²) in [6.45, 7) is -0.721. The number of likely N-dealkylation sites (tertiary alicyclic amines) is 1. The number of aromatic nitrogens is 1. The van der Waals surface area contributed by atoms with Crippen molar-refractivity contribution in [3.63, 3.8) is 0 Å². The van der Waals surface area contributed by atoms with Gasteiger partial charge in [-0.2, -0.15) is 8.78 Å². The predicted molar refractivity (Wildman–Crippen MR) is 114 cm³/mol. The molecule has 36 heavy (non-hydrogen) atoms. The number of pyridine rings is 1. The number of carbonyl (C=O) groups is 4. The number of carboxylic acid groups (broad SMARTS) is 1. The molecule has 9 nitrogen and oxygen atoms in total. The van der Waals surface area contributed by atoms with Crippen LogP contribution in [0.1, 0.15) is 29.8 Å². The molecule has 2 N–H and O–H groups in total. The van der Waals surface area contributed by atoms with Crippen LogP contribution >= 0.6 is 0 Å². The van der Waals surface area contributed by atoms with E-state index >= 15 is 0 Å². The molecule has 1 fully saturated rings. The lowest BCUT2D eigenvalue weighted by Crippen LogP contribution is -2.49. The summed E-state index contributed by atoms with van der Waals surface area (Å²) in [6, 6.07) is 3.21. The zero-order valence-electron chi connectivity index (χ0n) is 18.7. The van der Waals surface area contributed by atoms with Crippen molar-refractivity contribution >= 4 is 23.6 Å². The summed E-state index contributed by atoms with van der Waals surface area (Å²) in [4.78, 5) is 54.3. The maximum absolute atomic E-state index is 13.7. The number of benzene rings is 1. The van der Waals surface area contributed by atoms with Gasteiger partial charge in [-0.1, -0.05) is 6.07 Å². The second kappa shape index (κ2) is 11.6. The number of hydrogen-bond acceptors (Lipinski definition) is 6. The average molecular weight is 511 g/mol. The molecule has 0 aliphatic carbocycles. The van der Waals surface area contributed by atoms with Crippen LogP contribution in [0.25, 0.3) is 0 Å². The number of piperidine rings is 1. The standard InChI is InChI=1S/C23H21F4N3O6/c24-13-9-14(25)20(27)21(19(13)26)36-11-17(31)16(10-18(32)33)29-22(34)12-4-7-30(8-5-12)23(35)15-3-1-2-6-28-15/h1-3,6,9,12,16H,4-5,7-8,10-11H2,(H,29,34)(H,32,33)/t16-/m0/s1. The van der Waals surface area contributed by atoms with Gasteiger partial charge in [0.2, 0.25) is 17.5 Å². The Morgan fingerprint density at radius 2 is 1.72 bits per heavy atom. The lowest BCUT2D eigenvalue weighted by Gasteiger charge is -2.31. The van der Waals surface area contributed by atoms with E-state index in [0.717, 1.165) is 0 Å². The molecule has 1 aromatic carbocycles. The molecule has 13 heteroatoms. The van der Waals surface area contributed by atoms with E-state index < -0.39 is 71.7 Å². The van der Waals surface area contributed by atoms with Crippen molar-refractivity contribution in [2.24, 2.45) is 5.92 Å². The third kappa shape index (κ3) is 6.34. The summed E-state index contributed by atoms with van der Waals surface area (Å²) in [5.74, 6) is -12.9. The van der Waals surface area contributed by atoms with Crippen LogP contribution in [0.5, 0.6) is 5.75 Å². The summed E-state index contributed by atoms with van der Waals surface area (Å²) >= 11 is 0.